The normalized spacial score (nSPS) is 10.7. The Morgan fingerprint density at radius 1 is 0.700 bits per heavy atom. The van der Waals surface area contributed by atoms with E-state index in [1.807, 2.05) is 13.0 Å². The van der Waals surface area contributed by atoms with Crippen LogP contribution in [0.5, 0.6) is 0 Å². The number of aryl methyl sites for hydroxylation is 1. The van der Waals surface area contributed by atoms with Crippen LogP contribution in [0.4, 0.5) is 17.6 Å². The standard InChI is InChI=1S/C26H16F4/c1-2-16-3-6-18(24(28)13-16)7-4-17-5-10-21(25(29)14-17)19-8-11-22-20(15-19)9-12-23(27)26(22)30/h3,5-6,8-15H,2H2,1H3. The molecule has 4 aromatic rings. The van der Waals surface area contributed by atoms with Crippen LogP contribution in [-0.2, 0) is 6.42 Å². The third kappa shape index (κ3) is 3.79. The van der Waals surface area contributed by atoms with Gasteiger partial charge in [-0.25, -0.2) is 17.6 Å². The van der Waals surface area contributed by atoms with Crippen LogP contribution in [0.3, 0.4) is 0 Å². The summed E-state index contributed by atoms with van der Waals surface area (Å²) >= 11 is 0. The van der Waals surface area contributed by atoms with Gasteiger partial charge in [0.1, 0.15) is 11.6 Å². The van der Waals surface area contributed by atoms with Crippen LogP contribution >= 0.6 is 0 Å². The fraction of sp³-hybridized carbons (Fsp3) is 0.0769. The summed E-state index contributed by atoms with van der Waals surface area (Å²) < 4.78 is 56.0. The van der Waals surface area contributed by atoms with Gasteiger partial charge in [0.05, 0.1) is 5.56 Å². The van der Waals surface area contributed by atoms with Crippen LogP contribution in [-0.4, -0.2) is 0 Å². The van der Waals surface area contributed by atoms with Crippen molar-refractivity contribution in [1.29, 1.82) is 0 Å². The van der Waals surface area contributed by atoms with Gasteiger partial charge in [-0.2, -0.15) is 0 Å². The summed E-state index contributed by atoms with van der Waals surface area (Å²) in [6.07, 6.45) is 0.730. The predicted octanol–water partition coefficient (Wildman–Crippen LogP) is 7.03. The maximum atomic E-state index is 14.7. The highest BCUT2D eigenvalue weighted by Gasteiger charge is 2.10. The number of rotatable bonds is 2. The van der Waals surface area contributed by atoms with Gasteiger partial charge in [-0.05, 0) is 59.3 Å². The molecule has 4 aromatic carbocycles. The number of benzene rings is 4. The molecule has 0 radical (unpaired) electrons. The van der Waals surface area contributed by atoms with Crippen molar-refractivity contribution < 1.29 is 17.6 Å². The van der Waals surface area contributed by atoms with Crippen molar-refractivity contribution in [1.82, 2.24) is 0 Å². The van der Waals surface area contributed by atoms with Crippen LogP contribution in [0.15, 0.2) is 66.7 Å². The highest BCUT2D eigenvalue weighted by atomic mass is 19.2. The molecule has 0 unspecified atom stereocenters. The van der Waals surface area contributed by atoms with Crippen LogP contribution < -0.4 is 0 Å². The summed E-state index contributed by atoms with van der Waals surface area (Å²) in [6, 6.07) is 16.4. The Kier molecular flexibility index (Phi) is 5.29. The summed E-state index contributed by atoms with van der Waals surface area (Å²) in [5, 5.41) is 0.610. The molecular weight excluding hydrogens is 388 g/mol. The number of fused-ring (bicyclic) bond motifs is 1. The summed E-state index contributed by atoms with van der Waals surface area (Å²) in [6.45, 7) is 1.94. The molecule has 0 spiro atoms. The smallest absolute Gasteiger partial charge is 0.166 e. The van der Waals surface area contributed by atoms with E-state index in [0.29, 0.717) is 22.1 Å². The molecule has 4 rings (SSSR count). The largest absolute Gasteiger partial charge is 0.206 e. The topological polar surface area (TPSA) is 0 Å². The van der Waals surface area contributed by atoms with E-state index in [1.54, 1.807) is 30.3 Å². The second-order valence-electron chi connectivity index (χ2n) is 6.91. The monoisotopic (exact) mass is 404 g/mol. The molecule has 0 fully saturated rings. The van der Waals surface area contributed by atoms with Crippen molar-refractivity contribution in [3.63, 3.8) is 0 Å². The SMILES string of the molecule is CCc1ccc(C#Cc2ccc(-c3ccc4c(F)c(F)ccc4c3)c(F)c2)c(F)c1. The first-order chi connectivity index (χ1) is 14.5. The molecule has 0 aliphatic heterocycles. The number of halogens is 4. The maximum absolute atomic E-state index is 14.7. The summed E-state index contributed by atoms with van der Waals surface area (Å²) in [4.78, 5) is 0. The second kappa shape index (κ2) is 8.04. The zero-order chi connectivity index (χ0) is 21.3. The molecule has 0 aliphatic rings. The third-order valence-electron chi connectivity index (χ3n) is 4.97. The molecule has 0 nitrogen and oxygen atoms in total. The van der Waals surface area contributed by atoms with Crippen LogP contribution in [0, 0.1) is 35.1 Å². The zero-order valence-corrected chi connectivity index (χ0v) is 16.1. The minimum absolute atomic E-state index is 0.137. The van der Waals surface area contributed by atoms with Crippen molar-refractivity contribution in [3.05, 3.63) is 107 Å². The van der Waals surface area contributed by atoms with Crippen LogP contribution in [0.1, 0.15) is 23.6 Å². The fourth-order valence-electron chi connectivity index (χ4n) is 3.28. The fourth-order valence-corrected chi connectivity index (χ4v) is 3.28. The van der Waals surface area contributed by atoms with E-state index in [0.717, 1.165) is 18.1 Å². The lowest BCUT2D eigenvalue weighted by molar-refractivity contribution is 0.517. The molecule has 0 N–H and O–H groups in total. The highest BCUT2D eigenvalue weighted by Crippen LogP contribution is 2.29. The highest BCUT2D eigenvalue weighted by molar-refractivity contribution is 5.88. The minimum Gasteiger partial charge on any atom is -0.206 e. The van der Waals surface area contributed by atoms with Gasteiger partial charge in [0.2, 0.25) is 0 Å². The Morgan fingerprint density at radius 3 is 2.27 bits per heavy atom. The lowest BCUT2D eigenvalue weighted by Crippen LogP contribution is -1.90. The first kappa shape index (κ1) is 19.7. The third-order valence-corrected chi connectivity index (χ3v) is 4.97. The average Bonchev–Trinajstić information content (AvgIpc) is 2.75. The summed E-state index contributed by atoms with van der Waals surface area (Å²) in [7, 11) is 0. The molecule has 148 valence electrons. The first-order valence-corrected chi connectivity index (χ1v) is 9.44. The predicted molar refractivity (Wildman–Crippen MR) is 111 cm³/mol. The summed E-state index contributed by atoms with van der Waals surface area (Å²) in [5.74, 6) is 2.75. The molecule has 4 heteroatoms. The van der Waals surface area contributed by atoms with Crippen LogP contribution in [0.2, 0.25) is 0 Å². The van der Waals surface area contributed by atoms with Gasteiger partial charge >= 0.3 is 0 Å². The second-order valence-corrected chi connectivity index (χ2v) is 6.91. The van der Waals surface area contributed by atoms with Gasteiger partial charge < -0.3 is 0 Å². The van der Waals surface area contributed by atoms with Gasteiger partial charge in [-0.1, -0.05) is 49.1 Å². The lowest BCUT2D eigenvalue weighted by Gasteiger charge is -2.07. The van der Waals surface area contributed by atoms with Crippen molar-refractivity contribution in [2.45, 2.75) is 13.3 Å². The molecular formula is C26H16F4. The Bertz CT molecular complexity index is 1330. The number of hydrogen-bond donors (Lipinski definition) is 0. The molecule has 0 amide bonds. The molecule has 0 saturated heterocycles. The van der Waals surface area contributed by atoms with Gasteiger partial charge in [0, 0.05) is 16.5 Å². The van der Waals surface area contributed by atoms with E-state index >= 15 is 0 Å². The van der Waals surface area contributed by atoms with E-state index < -0.39 is 23.3 Å². The molecule has 0 atom stereocenters. The Hall–Kier alpha value is -3.58. The van der Waals surface area contributed by atoms with E-state index in [-0.39, 0.29) is 10.9 Å². The van der Waals surface area contributed by atoms with E-state index in [4.69, 9.17) is 0 Å². The van der Waals surface area contributed by atoms with Crippen molar-refractivity contribution in [3.8, 4) is 23.0 Å². The molecule has 30 heavy (non-hydrogen) atoms. The molecule has 0 aromatic heterocycles. The Morgan fingerprint density at radius 2 is 1.53 bits per heavy atom. The first-order valence-electron chi connectivity index (χ1n) is 9.44. The maximum Gasteiger partial charge on any atom is 0.166 e. The molecule has 0 saturated carbocycles. The Labute approximate surface area is 171 Å². The van der Waals surface area contributed by atoms with Gasteiger partial charge in [-0.3, -0.25) is 0 Å². The summed E-state index contributed by atoms with van der Waals surface area (Å²) in [5.41, 5.74) is 2.38. The average molecular weight is 404 g/mol. The van der Waals surface area contributed by atoms with Gasteiger partial charge in [-0.15, -0.1) is 0 Å². The van der Waals surface area contributed by atoms with E-state index in [2.05, 4.69) is 11.8 Å². The van der Waals surface area contributed by atoms with E-state index in [1.165, 1.54) is 24.3 Å². The zero-order valence-electron chi connectivity index (χ0n) is 16.1. The van der Waals surface area contributed by atoms with Crippen molar-refractivity contribution in [2.24, 2.45) is 0 Å². The lowest BCUT2D eigenvalue weighted by atomic mass is 9.99. The molecule has 0 aliphatic carbocycles. The number of hydrogen-bond acceptors (Lipinski definition) is 0. The van der Waals surface area contributed by atoms with E-state index in [9.17, 15) is 17.6 Å². The minimum atomic E-state index is -0.927. The van der Waals surface area contributed by atoms with Crippen LogP contribution in [0.25, 0.3) is 21.9 Å². The Balaban J connectivity index is 1.66. The van der Waals surface area contributed by atoms with Crippen molar-refractivity contribution in [2.75, 3.05) is 0 Å². The molecule has 0 bridgehead atoms. The van der Waals surface area contributed by atoms with Gasteiger partial charge in [0.25, 0.3) is 0 Å². The quantitative estimate of drug-likeness (QED) is 0.249. The van der Waals surface area contributed by atoms with Gasteiger partial charge in [0.15, 0.2) is 11.6 Å². The molecule has 0 heterocycles. The van der Waals surface area contributed by atoms with Crippen molar-refractivity contribution >= 4 is 10.8 Å².